The molecule has 0 bridgehead atoms. The van der Waals surface area contributed by atoms with Gasteiger partial charge in [0.05, 0.1) is 12.2 Å². The van der Waals surface area contributed by atoms with Crippen LogP contribution in [0.15, 0.2) is 12.3 Å². The Morgan fingerprint density at radius 1 is 1.41 bits per heavy atom. The maximum atomic E-state index is 13.9. The lowest BCUT2D eigenvalue weighted by Crippen LogP contribution is -2.27. The third-order valence-electron chi connectivity index (χ3n) is 2.98. The van der Waals surface area contributed by atoms with Crippen LogP contribution in [-0.2, 0) is 11.2 Å². The molecule has 2 rings (SSSR count). The average Bonchev–Trinajstić information content (AvgIpc) is 2.73. The minimum absolute atomic E-state index is 0.0208. The van der Waals surface area contributed by atoms with E-state index in [1.807, 2.05) is 20.8 Å². The van der Waals surface area contributed by atoms with Crippen molar-refractivity contribution in [1.82, 2.24) is 14.9 Å². The third kappa shape index (κ3) is 3.51. The lowest BCUT2D eigenvalue weighted by atomic mass is 9.90. The number of amides is 1. The fourth-order valence-corrected chi connectivity index (χ4v) is 2.14. The lowest BCUT2D eigenvalue weighted by Gasteiger charge is -2.19. The van der Waals surface area contributed by atoms with Crippen molar-refractivity contribution in [2.75, 3.05) is 11.9 Å². The third-order valence-corrected chi connectivity index (χ3v) is 2.98. The zero-order chi connectivity index (χ0) is 16.5. The van der Waals surface area contributed by atoms with Gasteiger partial charge in [-0.15, -0.1) is 0 Å². The van der Waals surface area contributed by atoms with Crippen molar-refractivity contribution in [1.29, 1.82) is 0 Å². The molecule has 0 spiro atoms. The summed E-state index contributed by atoms with van der Waals surface area (Å²) in [5, 5.41) is 11.2. The highest BCUT2D eigenvalue weighted by Crippen LogP contribution is 2.28. The smallest absolute Gasteiger partial charge is 0.262 e. The molecule has 0 aromatic carbocycles. The number of imidazole rings is 1. The van der Waals surface area contributed by atoms with Gasteiger partial charge in [0.15, 0.2) is 11.5 Å². The van der Waals surface area contributed by atoms with Gasteiger partial charge in [-0.1, -0.05) is 20.8 Å². The Bertz CT molecular complexity index is 707. The van der Waals surface area contributed by atoms with E-state index in [2.05, 4.69) is 10.3 Å². The Kier molecular flexibility index (Phi) is 4.32. The fourth-order valence-electron chi connectivity index (χ4n) is 2.14. The summed E-state index contributed by atoms with van der Waals surface area (Å²) in [4.78, 5) is 15.2. The van der Waals surface area contributed by atoms with Gasteiger partial charge in [-0.2, -0.15) is 0 Å². The Morgan fingerprint density at radius 3 is 2.68 bits per heavy atom. The predicted octanol–water partition coefficient (Wildman–Crippen LogP) is 2.12. The average molecular weight is 312 g/mol. The van der Waals surface area contributed by atoms with E-state index in [-0.39, 0.29) is 23.4 Å². The second-order valence-corrected chi connectivity index (χ2v) is 6.23. The summed E-state index contributed by atoms with van der Waals surface area (Å²) in [6, 6.07) is 0.757. The number of anilines is 1. The highest BCUT2D eigenvalue weighted by molar-refractivity contribution is 5.79. The van der Waals surface area contributed by atoms with Gasteiger partial charge in [0.25, 0.3) is 5.91 Å². The van der Waals surface area contributed by atoms with Gasteiger partial charge in [0.2, 0.25) is 0 Å². The number of nitrogens with zero attached hydrogens (tertiary/aromatic N) is 2. The van der Waals surface area contributed by atoms with E-state index < -0.39 is 17.5 Å². The van der Waals surface area contributed by atoms with Crippen molar-refractivity contribution >= 4 is 17.4 Å². The van der Waals surface area contributed by atoms with Gasteiger partial charge in [0.1, 0.15) is 11.6 Å². The molecular formula is C14H18F2N4O2. The molecule has 0 aliphatic heterocycles. The summed E-state index contributed by atoms with van der Waals surface area (Å²) >= 11 is 0. The van der Waals surface area contributed by atoms with Crippen LogP contribution in [0.3, 0.4) is 0 Å². The molecule has 2 aromatic heterocycles. The largest absolute Gasteiger partial charge is 0.359 e. The molecule has 0 aliphatic carbocycles. The second-order valence-electron chi connectivity index (χ2n) is 6.23. The number of carbonyl (C=O) groups excluding carboxylic acids is 1. The Labute approximate surface area is 126 Å². The van der Waals surface area contributed by atoms with Crippen molar-refractivity contribution in [2.24, 2.45) is 5.41 Å². The molecule has 0 fully saturated rings. The zero-order valence-corrected chi connectivity index (χ0v) is 12.6. The number of fused-ring (bicyclic) bond motifs is 1. The molecule has 1 amide bonds. The first-order chi connectivity index (χ1) is 10.2. The van der Waals surface area contributed by atoms with Gasteiger partial charge in [-0.25, -0.2) is 19.2 Å². The van der Waals surface area contributed by atoms with Crippen LogP contribution in [0.1, 0.15) is 26.5 Å². The normalized spacial score (nSPS) is 11.7. The number of hydrogen-bond acceptors (Lipinski definition) is 4. The SMILES string of the molecule is CC(C)(C)Cc1c(NCC(=O)NO)nc2c(F)cc(F)cn12. The summed E-state index contributed by atoms with van der Waals surface area (Å²) in [6.45, 7) is 5.70. The van der Waals surface area contributed by atoms with E-state index >= 15 is 0 Å². The molecule has 0 saturated heterocycles. The summed E-state index contributed by atoms with van der Waals surface area (Å²) in [5.41, 5.74) is 1.87. The highest BCUT2D eigenvalue weighted by Gasteiger charge is 2.21. The van der Waals surface area contributed by atoms with Crippen molar-refractivity contribution in [3.05, 3.63) is 29.6 Å². The first kappa shape index (κ1) is 16.2. The Balaban J connectivity index is 2.51. The molecule has 0 atom stereocenters. The summed E-state index contributed by atoms with van der Waals surface area (Å²) in [7, 11) is 0. The van der Waals surface area contributed by atoms with Crippen LogP contribution < -0.4 is 10.8 Å². The van der Waals surface area contributed by atoms with Crippen molar-refractivity contribution in [3.63, 3.8) is 0 Å². The van der Waals surface area contributed by atoms with Crippen molar-refractivity contribution < 1.29 is 18.8 Å². The molecule has 6 nitrogen and oxygen atoms in total. The first-order valence-electron chi connectivity index (χ1n) is 6.74. The number of rotatable bonds is 4. The van der Waals surface area contributed by atoms with Gasteiger partial charge in [-0.3, -0.25) is 14.4 Å². The molecule has 3 N–H and O–H groups in total. The maximum absolute atomic E-state index is 13.9. The monoisotopic (exact) mass is 312 g/mol. The van der Waals surface area contributed by atoms with E-state index in [0.29, 0.717) is 12.1 Å². The van der Waals surface area contributed by atoms with Gasteiger partial charge in [-0.05, 0) is 11.8 Å². The van der Waals surface area contributed by atoms with Crippen LogP contribution >= 0.6 is 0 Å². The Hall–Kier alpha value is -2.22. The standard InChI is InChI=1S/C14H18F2N4O2/c1-14(2,3)5-10-12(17-6-11(21)19-22)18-13-9(16)4-8(15)7-20(10)13/h4,7,17,22H,5-6H2,1-3H3,(H,19,21). The van der Waals surface area contributed by atoms with Crippen molar-refractivity contribution in [3.8, 4) is 0 Å². The Morgan fingerprint density at radius 2 is 2.09 bits per heavy atom. The number of aromatic nitrogens is 2. The molecule has 120 valence electrons. The molecule has 0 aliphatic rings. The second kappa shape index (κ2) is 5.88. The van der Waals surface area contributed by atoms with Gasteiger partial charge < -0.3 is 5.32 Å². The zero-order valence-electron chi connectivity index (χ0n) is 12.6. The molecule has 0 saturated carbocycles. The van der Waals surface area contributed by atoms with Crippen LogP contribution in [0.4, 0.5) is 14.6 Å². The minimum atomic E-state index is -0.783. The van der Waals surface area contributed by atoms with E-state index in [4.69, 9.17) is 5.21 Å². The van der Waals surface area contributed by atoms with Crippen LogP contribution in [-0.4, -0.2) is 27.0 Å². The lowest BCUT2D eigenvalue weighted by molar-refractivity contribution is -0.127. The van der Waals surface area contributed by atoms with Crippen LogP contribution in [0.2, 0.25) is 0 Å². The first-order valence-corrected chi connectivity index (χ1v) is 6.74. The molecule has 0 radical (unpaired) electrons. The van der Waals surface area contributed by atoms with E-state index in [0.717, 1.165) is 12.3 Å². The molecule has 8 heteroatoms. The molecular weight excluding hydrogens is 294 g/mol. The number of carbonyl (C=O) groups is 1. The number of pyridine rings is 1. The van der Waals surface area contributed by atoms with Gasteiger partial charge >= 0.3 is 0 Å². The molecule has 22 heavy (non-hydrogen) atoms. The fraction of sp³-hybridized carbons (Fsp3) is 0.429. The highest BCUT2D eigenvalue weighted by atomic mass is 19.1. The van der Waals surface area contributed by atoms with Crippen LogP contribution in [0.25, 0.3) is 5.65 Å². The maximum Gasteiger partial charge on any atom is 0.262 e. The topological polar surface area (TPSA) is 78.7 Å². The van der Waals surface area contributed by atoms with Gasteiger partial charge in [0, 0.05) is 12.3 Å². The molecule has 2 aromatic rings. The van der Waals surface area contributed by atoms with Crippen LogP contribution in [0, 0.1) is 17.0 Å². The van der Waals surface area contributed by atoms with E-state index in [9.17, 15) is 13.6 Å². The quantitative estimate of drug-likeness (QED) is 0.597. The van der Waals surface area contributed by atoms with E-state index in [1.54, 1.807) is 0 Å². The van der Waals surface area contributed by atoms with E-state index in [1.165, 1.54) is 9.88 Å². The summed E-state index contributed by atoms with van der Waals surface area (Å²) in [6.07, 6.45) is 1.64. The summed E-state index contributed by atoms with van der Waals surface area (Å²) < 4.78 is 28.7. The number of nitrogens with one attached hydrogen (secondary N) is 2. The number of hydroxylamine groups is 1. The van der Waals surface area contributed by atoms with Crippen LogP contribution in [0.5, 0.6) is 0 Å². The molecule has 2 heterocycles. The predicted molar refractivity (Wildman–Crippen MR) is 76.7 cm³/mol. The molecule has 0 unspecified atom stereocenters. The summed E-state index contributed by atoms with van der Waals surface area (Å²) in [5.74, 6) is -1.87. The number of halogens is 2. The minimum Gasteiger partial charge on any atom is -0.359 e. The van der Waals surface area contributed by atoms with Crippen molar-refractivity contribution in [2.45, 2.75) is 27.2 Å². The number of hydrogen-bond donors (Lipinski definition) is 3.